The molecule has 0 amide bonds. The van der Waals surface area contributed by atoms with Gasteiger partial charge in [0.15, 0.2) is 6.73 Å². The molecule has 0 unspecified atom stereocenters. The summed E-state index contributed by atoms with van der Waals surface area (Å²) in [6, 6.07) is 0. The van der Waals surface area contributed by atoms with E-state index in [2.05, 4.69) is 6.92 Å². The van der Waals surface area contributed by atoms with Crippen LogP contribution in [0.2, 0.25) is 0 Å². The van der Waals surface area contributed by atoms with Gasteiger partial charge in [-0.2, -0.15) is 13.2 Å². The first kappa shape index (κ1) is 17.2. The van der Waals surface area contributed by atoms with Crippen LogP contribution in [0.3, 0.4) is 0 Å². The predicted octanol–water partition coefficient (Wildman–Crippen LogP) is 0.909. The molecule has 0 radical (unpaired) electrons. The molecule has 0 aromatic rings. The number of carboxylic acid groups (broad SMARTS) is 1. The van der Waals surface area contributed by atoms with Gasteiger partial charge in [0.2, 0.25) is 0 Å². The largest absolute Gasteiger partial charge is 0.542 e. The van der Waals surface area contributed by atoms with E-state index in [1.165, 1.54) is 43.4 Å². The Bertz CT molecular complexity index is 242. The number of carbonyl (C=O) groups excluding carboxylic acids is 1. The van der Waals surface area contributed by atoms with E-state index in [-0.39, 0.29) is 0 Å². The monoisotopic (exact) mass is 271 g/mol. The van der Waals surface area contributed by atoms with Gasteiger partial charge in [-0.1, -0.05) is 6.92 Å². The van der Waals surface area contributed by atoms with E-state index in [0.717, 1.165) is 6.73 Å². The number of carbonyl (C=O) groups is 1. The highest BCUT2D eigenvalue weighted by molar-refractivity contribution is 5.70. The van der Waals surface area contributed by atoms with E-state index in [1.807, 2.05) is 7.11 Å². The Morgan fingerprint density at radius 3 is 2.06 bits per heavy atom. The highest BCUT2D eigenvalue weighted by atomic mass is 19.4. The molecular formula is C11H20F3NO3. The van der Waals surface area contributed by atoms with Gasteiger partial charge in [-0.25, -0.2) is 0 Å². The number of rotatable bonds is 4. The fourth-order valence-electron chi connectivity index (χ4n) is 2.17. The summed E-state index contributed by atoms with van der Waals surface area (Å²) < 4.78 is 38.0. The molecule has 1 fully saturated rings. The smallest absolute Gasteiger partial charge is 0.430 e. The highest BCUT2D eigenvalue weighted by Crippen LogP contribution is 2.19. The number of quaternary nitrogens is 1. The van der Waals surface area contributed by atoms with Gasteiger partial charge in [0.05, 0.1) is 19.6 Å². The van der Waals surface area contributed by atoms with E-state index in [0.29, 0.717) is 0 Å². The molecule has 1 aliphatic rings. The van der Waals surface area contributed by atoms with Crippen molar-refractivity contribution < 1.29 is 32.3 Å². The zero-order valence-electron chi connectivity index (χ0n) is 10.8. The summed E-state index contributed by atoms with van der Waals surface area (Å²) in [5.74, 6) is -3.01. The molecule has 1 aliphatic heterocycles. The lowest BCUT2D eigenvalue weighted by Crippen LogP contribution is -2.47. The minimum Gasteiger partial charge on any atom is -0.542 e. The van der Waals surface area contributed by atoms with Crippen LogP contribution >= 0.6 is 0 Å². The van der Waals surface area contributed by atoms with Crippen molar-refractivity contribution in [2.75, 3.05) is 33.5 Å². The molecule has 18 heavy (non-hydrogen) atoms. The summed E-state index contributed by atoms with van der Waals surface area (Å²) >= 11 is 0. The lowest BCUT2D eigenvalue weighted by Gasteiger charge is -2.32. The average molecular weight is 271 g/mol. The summed E-state index contributed by atoms with van der Waals surface area (Å²) in [5.41, 5.74) is 0. The zero-order valence-corrected chi connectivity index (χ0v) is 10.8. The summed E-state index contributed by atoms with van der Waals surface area (Å²) in [7, 11) is 1.81. The van der Waals surface area contributed by atoms with E-state index >= 15 is 0 Å². The Morgan fingerprint density at radius 1 is 1.33 bits per heavy atom. The van der Waals surface area contributed by atoms with E-state index in [9.17, 15) is 13.2 Å². The maximum Gasteiger partial charge on any atom is 0.430 e. The molecule has 0 spiro atoms. The lowest BCUT2D eigenvalue weighted by atomic mass is 10.4. The molecule has 1 heterocycles. The summed E-state index contributed by atoms with van der Waals surface area (Å²) in [4.78, 5) is 8.78. The summed E-state index contributed by atoms with van der Waals surface area (Å²) in [5, 5.41) is 8.78. The van der Waals surface area contributed by atoms with Crippen LogP contribution < -0.4 is 5.11 Å². The second-order valence-corrected chi connectivity index (χ2v) is 4.42. The molecule has 0 aromatic heterocycles. The van der Waals surface area contributed by atoms with Crippen LogP contribution in [0.5, 0.6) is 0 Å². The minimum atomic E-state index is -5.19. The van der Waals surface area contributed by atoms with E-state index in [1.54, 1.807) is 0 Å². The third-order valence-electron chi connectivity index (χ3n) is 2.85. The number of carboxylic acids is 1. The van der Waals surface area contributed by atoms with Gasteiger partial charge < -0.3 is 19.1 Å². The van der Waals surface area contributed by atoms with Crippen LogP contribution in [-0.4, -0.2) is 50.1 Å². The van der Waals surface area contributed by atoms with Gasteiger partial charge in [-0.15, -0.1) is 0 Å². The molecule has 0 atom stereocenters. The van der Waals surface area contributed by atoms with Gasteiger partial charge in [0.1, 0.15) is 5.97 Å². The normalized spacial score (nSPS) is 18.1. The van der Waals surface area contributed by atoms with Gasteiger partial charge in [0, 0.05) is 20.0 Å². The van der Waals surface area contributed by atoms with Crippen LogP contribution in [0, 0.1) is 0 Å². The van der Waals surface area contributed by atoms with Crippen LogP contribution in [-0.2, 0) is 9.53 Å². The molecule has 4 nitrogen and oxygen atoms in total. The Balaban J connectivity index is 0.000000360. The number of nitrogens with zero attached hydrogens (tertiary/aromatic N) is 1. The van der Waals surface area contributed by atoms with E-state index < -0.39 is 12.1 Å². The minimum absolute atomic E-state index is 0.924. The number of alkyl halides is 3. The molecule has 0 aromatic carbocycles. The molecule has 0 bridgehead atoms. The molecular weight excluding hydrogens is 251 g/mol. The topological polar surface area (TPSA) is 49.4 Å². The zero-order chi connectivity index (χ0) is 14.2. The van der Waals surface area contributed by atoms with Crippen molar-refractivity contribution in [3.63, 3.8) is 0 Å². The molecule has 0 aliphatic carbocycles. The summed E-state index contributed by atoms with van der Waals surface area (Å²) in [6.45, 7) is 7.15. The fraction of sp³-hybridized carbons (Fsp3) is 0.909. The number of methoxy groups -OCH3 is 1. The van der Waals surface area contributed by atoms with Crippen molar-refractivity contribution in [2.45, 2.75) is 32.4 Å². The highest BCUT2D eigenvalue weighted by Gasteiger charge is 2.30. The Hall–Kier alpha value is -0.820. The van der Waals surface area contributed by atoms with Crippen molar-refractivity contribution in [3.8, 4) is 0 Å². The Morgan fingerprint density at radius 2 is 1.78 bits per heavy atom. The van der Waals surface area contributed by atoms with Crippen LogP contribution in [0.25, 0.3) is 0 Å². The number of hydrogen-bond donors (Lipinski definition) is 0. The SMILES string of the molecule is CCC[N+]1(COC)CCCC1.O=C([O-])C(F)(F)F. The maximum absolute atomic E-state index is 10.5. The third kappa shape index (κ3) is 6.20. The lowest BCUT2D eigenvalue weighted by molar-refractivity contribution is -0.934. The third-order valence-corrected chi connectivity index (χ3v) is 2.85. The number of likely N-dealkylation sites (tertiary alicyclic amines) is 1. The standard InChI is InChI=1S/C9H20NO.C2HF3O2/c1-3-6-10(9-11-2)7-4-5-8-10;3-2(4,5)1(6)7/h3-9H2,1-2H3;(H,6,7)/q+1;/p-1. The van der Waals surface area contributed by atoms with Crippen LogP contribution in [0.4, 0.5) is 13.2 Å². The molecule has 1 rings (SSSR count). The van der Waals surface area contributed by atoms with Gasteiger partial charge >= 0.3 is 6.18 Å². The number of halogens is 3. The fourth-order valence-corrected chi connectivity index (χ4v) is 2.17. The van der Waals surface area contributed by atoms with Gasteiger partial charge in [-0.05, 0) is 6.42 Å². The first-order chi connectivity index (χ1) is 8.27. The maximum atomic E-state index is 10.5. The van der Waals surface area contributed by atoms with Crippen molar-refractivity contribution in [1.29, 1.82) is 0 Å². The molecule has 1 saturated heterocycles. The van der Waals surface area contributed by atoms with Crippen molar-refractivity contribution in [3.05, 3.63) is 0 Å². The molecule has 7 heteroatoms. The predicted molar refractivity (Wildman–Crippen MR) is 57.3 cm³/mol. The van der Waals surface area contributed by atoms with Crippen molar-refractivity contribution in [1.82, 2.24) is 0 Å². The van der Waals surface area contributed by atoms with E-state index in [4.69, 9.17) is 14.6 Å². The van der Waals surface area contributed by atoms with Gasteiger partial charge in [0.25, 0.3) is 0 Å². The number of aliphatic carboxylic acids is 1. The van der Waals surface area contributed by atoms with Gasteiger partial charge in [-0.3, -0.25) is 0 Å². The summed E-state index contributed by atoms with van der Waals surface area (Å²) in [6.07, 6.45) is -1.13. The first-order valence-electron chi connectivity index (χ1n) is 5.89. The van der Waals surface area contributed by atoms with Crippen LogP contribution in [0.15, 0.2) is 0 Å². The molecule has 108 valence electrons. The van der Waals surface area contributed by atoms with Crippen molar-refractivity contribution >= 4 is 5.97 Å². The Kier molecular flexibility index (Phi) is 7.23. The average Bonchev–Trinajstić information content (AvgIpc) is 2.67. The Labute approximate surface area is 105 Å². The number of ether oxygens (including phenoxy) is 1. The second-order valence-electron chi connectivity index (χ2n) is 4.42. The second kappa shape index (κ2) is 7.58. The number of hydrogen-bond acceptors (Lipinski definition) is 3. The van der Waals surface area contributed by atoms with Crippen LogP contribution in [0.1, 0.15) is 26.2 Å². The first-order valence-corrected chi connectivity index (χ1v) is 5.89. The quantitative estimate of drug-likeness (QED) is 0.714. The molecule has 0 N–H and O–H groups in total. The molecule has 0 saturated carbocycles. The van der Waals surface area contributed by atoms with Crippen molar-refractivity contribution in [2.24, 2.45) is 0 Å².